The molecule has 24 heavy (non-hydrogen) atoms. The second-order valence-corrected chi connectivity index (χ2v) is 6.87. The predicted octanol–water partition coefficient (Wildman–Crippen LogP) is 3.11. The van der Waals surface area contributed by atoms with Crippen molar-refractivity contribution in [2.24, 2.45) is 4.99 Å². The number of rotatable bonds is 2. The SMILES string of the molecule is CC(C)c1nn2c(N)c(/C=C3/C=Nc4ccccc43)c(=O)nc2s1. The van der Waals surface area contributed by atoms with Crippen LogP contribution in [0.1, 0.15) is 35.9 Å². The van der Waals surface area contributed by atoms with Crippen LogP contribution >= 0.6 is 11.3 Å². The van der Waals surface area contributed by atoms with Crippen LogP contribution in [0.4, 0.5) is 11.5 Å². The molecule has 0 atom stereocenters. The standard InChI is InChI=1S/C17H15N5OS/c1-9(2)16-21-22-14(18)12(15(23)20-17(22)24-16)7-10-8-19-13-6-4-3-5-11(10)13/h3-9H,18H2,1-2H3/b10-7-. The number of allylic oxidation sites excluding steroid dienone is 1. The zero-order valence-electron chi connectivity index (χ0n) is 13.2. The van der Waals surface area contributed by atoms with Gasteiger partial charge in [-0.1, -0.05) is 43.4 Å². The molecule has 6 nitrogen and oxygen atoms in total. The second-order valence-electron chi connectivity index (χ2n) is 5.88. The van der Waals surface area contributed by atoms with Crippen molar-refractivity contribution in [1.29, 1.82) is 0 Å². The van der Waals surface area contributed by atoms with E-state index in [1.165, 1.54) is 11.3 Å². The summed E-state index contributed by atoms with van der Waals surface area (Å²) in [6.07, 6.45) is 3.47. The lowest BCUT2D eigenvalue weighted by Gasteiger charge is -2.03. The summed E-state index contributed by atoms with van der Waals surface area (Å²) >= 11 is 1.39. The highest BCUT2D eigenvalue weighted by Gasteiger charge is 2.17. The van der Waals surface area contributed by atoms with Crippen molar-refractivity contribution < 1.29 is 0 Å². The minimum atomic E-state index is -0.350. The maximum absolute atomic E-state index is 12.4. The second kappa shape index (κ2) is 5.38. The van der Waals surface area contributed by atoms with Crippen LogP contribution in [0.2, 0.25) is 0 Å². The van der Waals surface area contributed by atoms with Crippen molar-refractivity contribution in [3.05, 3.63) is 50.8 Å². The molecule has 0 bridgehead atoms. The third-order valence-corrected chi connectivity index (χ3v) is 5.07. The molecular weight excluding hydrogens is 322 g/mol. The summed E-state index contributed by atoms with van der Waals surface area (Å²) in [5, 5.41) is 5.37. The van der Waals surface area contributed by atoms with Crippen molar-refractivity contribution in [2.75, 3.05) is 5.73 Å². The molecule has 0 fully saturated rings. The number of anilines is 1. The van der Waals surface area contributed by atoms with E-state index >= 15 is 0 Å². The molecule has 2 N–H and O–H groups in total. The fourth-order valence-electron chi connectivity index (χ4n) is 2.57. The smallest absolute Gasteiger partial charge is 0.283 e. The molecule has 0 amide bonds. The molecule has 0 saturated carbocycles. The lowest BCUT2D eigenvalue weighted by Crippen LogP contribution is -2.16. The van der Waals surface area contributed by atoms with E-state index < -0.39 is 0 Å². The Bertz CT molecular complexity index is 1070. The van der Waals surface area contributed by atoms with Crippen LogP contribution in [0.3, 0.4) is 0 Å². The number of nitrogens with two attached hydrogens (primary N) is 1. The van der Waals surface area contributed by atoms with Crippen LogP contribution in [-0.4, -0.2) is 20.8 Å². The van der Waals surface area contributed by atoms with Crippen LogP contribution in [0.5, 0.6) is 0 Å². The van der Waals surface area contributed by atoms with Gasteiger partial charge in [0, 0.05) is 23.3 Å². The molecule has 3 heterocycles. The van der Waals surface area contributed by atoms with Gasteiger partial charge in [-0.05, 0) is 12.1 Å². The number of hydrogen-bond donors (Lipinski definition) is 1. The first kappa shape index (κ1) is 14.8. The molecule has 1 aliphatic rings. The van der Waals surface area contributed by atoms with Crippen molar-refractivity contribution in [3.63, 3.8) is 0 Å². The number of nitrogens with zero attached hydrogens (tertiary/aromatic N) is 4. The average molecular weight is 337 g/mol. The van der Waals surface area contributed by atoms with Gasteiger partial charge >= 0.3 is 0 Å². The number of aliphatic imine (C=N–C) groups is 1. The van der Waals surface area contributed by atoms with Gasteiger partial charge in [0.1, 0.15) is 10.8 Å². The summed E-state index contributed by atoms with van der Waals surface area (Å²) in [4.78, 5) is 21.4. The fourth-order valence-corrected chi connectivity index (χ4v) is 3.47. The van der Waals surface area contributed by atoms with E-state index in [1.54, 1.807) is 16.8 Å². The zero-order valence-corrected chi connectivity index (χ0v) is 14.0. The Kier molecular flexibility index (Phi) is 3.31. The highest BCUT2D eigenvalue weighted by atomic mass is 32.1. The van der Waals surface area contributed by atoms with Gasteiger partial charge in [-0.15, -0.1) is 0 Å². The molecule has 1 aromatic carbocycles. The highest BCUT2D eigenvalue weighted by Crippen LogP contribution is 2.32. The molecule has 0 saturated heterocycles. The molecule has 4 rings (SSSR count). The van der Waals surface area contributed by atoms with Gasteiger partial charge in [-0.3, -0.25) is 9.79 Å². The molecule has 120 valence electrons. The first-order valence-corrected chi connectivity index (χ1v) is 8.40. The van der Waals surface area contributed by atoms with Crippen molar-refractivity contribution >= 4 is 45.7 Å². The van der Waals surface area contributed by atoms with E-state index in [4.69, 9.17) is 5.73 Å². The predicted molar refractivity (Wildman–Crippen MR) is 98.1 cm³/mol. The Balaban J connectivity index is 1.91. The Hall–Kier alpha value is -2.80. The fraction of sp³-hybridized carbons (Fsp3) is 0.176. The van der Waals surface area contributed by atoms with Crippen molar-refractivity contribution in [3.8, 4) is 0 Å². The molecular formula is C17H15N5OS. The Morgan fingerprint density at radius 1 is 1.29 bits per heavy atom. The van der Waals surface area contributed by atoms with Gasteiger partial charge in [0.05, 0.1) is 11.3 Å². The first-order chi connectivity index (χ1) is 11.5. The van der Waals surface area contributed by atoms with Gasteiger partial charge < -0.3 is 5.73 Å². The van der Waals surface area contributed by atoms with E-state index in [2.05, 4.69) is 15.1 Å². The van der Waals surface area contributed by atoms with Gasteiger partial charge in [0.25, 0.3) is 5.56 Å². The van der Waals surface area contributed by atoms with E-state index in [9.17, 15) is 4.79 Å². The average Bonchev–Trinajstić information content (AvgIpc) is 3.16. The van der Waals surface area contributed by atoms with E-state index in [1.807, 2.05) is 38.1 Å². The Labute approximate surface area is 142 Å². The maximum Gasteiger partial charge on any atom is 0.283 e. The van der Waals surface area contributed by atoms with Crippen LogP contribution in [-0.2, 0) is 0 Å². The topological polar surface area (TPSA) is 85.6 Å². The van der Waals surface area contributed by atoms with E-state index in [0.717, 1.165) is 21.8 Å². The Morgan fingerprint density at radius 2 is 2.08 bits per heavy atom. The third kappa shape index (κ3) is 2.25. The summed E-state index contributed by atoms with van der Waals surface area (Å²) in [6, 6.07) is 7.76. The van der Waals surface area contributed by atoms with Gasteiger partial charge in [-0.2, -0.15) is 14.6 Å². The lowest BCUT2D eigenvalue weighted by atomic mass is 10.1. The number of hydrogen-bond acceptors (Lipinski definition) is 6. The summed E-state index contributed by atoms with van der Waals surface area (Å²) in [5.41, 5.74) is 8.90. The zero-order chi connectivity index (χ0) is 16.8. The van der Waals surface area contributed by atoms with Gasteiger partial charge in [-0.25, -0.2) is 0 Å². The number of fused-ring (bicyclic) bond motifs is 2. The van der Waals surface area contributed by atoms with Crippen molar-refractivity contribution in [1.82, 2.24) is 14.6 Å². The first-order valence-electron chi connectivity index (χ1n) is 7.59. The summed E-state index contributed by atoms with van der Waals surface area (Å²) in [7, 11) is 0. The van der Waals surface area contributed by atoms with Crippen LogP contribution in [0.15, 0.2) is 34.1 Å². The van der Waals surface area contributed by atoms with Crippen LogP contribution in [0, 0.1) is 0 Å². The number of para-hydroxylation sites is 1. The largest absolute Gasteiger partial charge is 0.383 e. The van der Waals surface area contributed by atoms with E-state index in [0.29, 0.717) is 16.3 Å². The molecule has 0 radical (unpaired) electrons. The van der Waals surface area contributed by atoms with Crippen LogP contribution in [0.25, 0.3) is 16.6 Å². The number of benzene rings is 1. The minimum Gasteiger partial charge on any atom is -0.383 e. The van der Waals surface area contributed by atoms with Gasteiger partial charge in [0.15, 0.2) is 0 Å². The monoisotopic (exact) mass is 337 g/mol. The minimum absolute atomic E-state index is 0.252. The Morgan fingerprint density at radius 3 is 2.88 bits per heavy atom. The molecule has 7 heteroatoms. The molecule has 0 unspecified atom stereocenters. The third-order valence-electron chi connectivity index (χ3n) is 3.86. The number of nitrogen functional groups attached to an aromatic ring is 1. The molecule has 3 aromatic rings. The lowest BCUT2D eigenvalue weighted by molar-refractivity contribution is 0.798. The highest BCUT2D eigenvalue weighted by molar-refractivity contribution is 7.16. The molecule has 1 aliphatic heterocycles. The molecule has 0 aliphatic carbocycles. The molecule has 0 spiro atoms. The summed E-state index contributed by atoms with van der Waals surface area (Å²) in [6.45, 7) is 4.09. The van der Waals surface area contributed by atoms with Crippen LogP contribution < -0.4 is 11.3 Å². The maximum atomic E-state index is 12.4. The molecule has 2 aromatic heterocycles. The normalized spacial score (nSPS) is 14.9. The van der Waals surface area contributed by atoms with Gasteiger partial charge in [0.2, 0.25) is 4.96 Å². The summed E-state index contributed by atoms with van der Waals surface area (Å²) < 4.78 is 1.55. The quantitative estimate of drug-likeness (QED) is 0.778. The number of aromatic nitrogens is 3. The summed E-state index contributed by atoms with van der Waals surface area (Å²) in [5.74, 6) is 0.556. The van der Waals surface area contributed by atoms with E-state index in [-0.39, 0.29) is 11.5 Å². The van der Waals surface area contributed by atoms with Crippen molar-refractivity contribution in [2.45, 2.75) is 19.8 Å².